The minimum atomic E-state index is -4.59. The average Bonchev–Trinajstić information content (AvgIpc) is 2.91. The first-order valence-electron chi connectivity index (χ1n) is 13.9. The Kier molecular flexibility index (Phi) is 8.42. The molecule has 0 bridgehead atoms. The average molecular weight is 628 g/mol. The number of rotatable bonds is 7. The van der Waals surface area contributed by atoms with Gasteiger partial charge in [0.2, 0.25) is 0 Å². The molecule has 236 valence electrons. The van der Waals surface area contributed by atoms with Gasteiger partial charge in [-0.25, -0.2) is 0 Å². The Balaban J connectivity index is 2.24. The van der Waals surface area contributed by atoms with E-state index in [0.717, 1.165) is 13.1 Å². The summed E-state index contributed by atoms with van der Waals surface area (Å²) in [5.41, 5.74) is 1.48. The summed E-state index contributed by atoms with van der Waals surface area (Å²) in [4.78, 5) is 3.83. The van der Waals surface area contributed by atoms with E-state index in [1.165, 1.54) is 0 Å². The van der Waals surface area contributed by atoms with E-state index in [1.54, 1.807) is 53.7 Å². The highest BCUT2D eigenvalue weighted by atomic mass is 32.2. The zero-order valence-electron chi connectivity index (χ0n) is 25.4. The fraction of sp³-hybridized carbons (Fsp3) is 0.344. The molecule has 8 N–H and O–H groups in total. The zero-order chi connectivity index (χ0) is 33.2. The maximum absolute atomic E-state index is 11.9. The lowest BCUT2D eigenvalue weighted by Gasteiger charge is -2.24. The van der Waals surface area contributed by atoms with E-state index in [2.05, 4.69) is 4.99 Å². The van der Waals surface area contributed by atoms with Gasteiger partial charge in [0, 0.05) is 50.4 Å². The molecule has 4 rings (SSSR count). The third kappa shape index (κ3) is 5.02. The van der Waals surface area contributed by atoms with Crippen LogP contribution in [0.3, 0.4) is 0 Å². The fourth-order valence-electron chi connectivity index (χ4n) is 5.96. The summed E-state index contributed by atoms with van der Waals surface area (Å²) in [7, 11) is -4.59. The van der Waals surface area contributed by atoms with Crippen molar-refractivity contribution < 1.29 is 48.7 Å². The molecule has 0 amide bonds. The van der Waals surface area contributed by atoms with Crippen molar-refractivity contribution in [1.29, 1.82) is 0 Å². The van der Waals surface area contributed by atoms with Crippen molar-refractivity contribution in [3.05, 3.63) is 45.5 Å². The van der Waals surface area contributed by atoms with Gasteiger partial charge in [0.15, 0.2) is 28.4 Å². The zero-order valence-corrected chi connectivity index (χ0v) is 26.2. The van der Waals surface area contributed by atoms with Gasteiger partial charge >= 0.3 is 0 Å². The molecule has 1 atom stereocenters. The molecule has 12 heteroatoms. The minimum absolute atomic E-state index is 0.00594. The predicted octanol–water partition coefficient (Wildman–Crippen LogP) is 5.90. The lowest BCUT2D eigenvalue weighted by Crippen LogP contribution is -2.14. The molecule has 44 heavy (non-hydrogen) atoms. The number of hydrogen-bond acceptors (Lipinski definition) is 10. The van der Waals surface area contributed by atoms with E-state index in [4.69, 9.17) is 0 Å². The van der Waals surface area contributed by atoms with Crippen LogP contribution in [0.2, 0.25) is 0 Å². The molecule has 0 aliphatic carbocycles. The van der Waals surface area contributed by atoms with Gasteiger partial charge in [0.05, 0.1) is 6.61 Å². The van der Waals surface area contributed by atoms with E-state index in [1.807, 2.05) is 0 Å². The summed E-state index contributed by atoms with van der Waals surface area (Å²) in [5, 5.41) is 76.6. The molecule has 0 heterocycles. The Morgan fingerprint density at radius 2 is 1.14 bits per heavy atom. The first kappa shape index (κ1) is 32.6. The SMILES string of the molecule is Cc1cc2c(C(C)C)c(O)c(O)c(C=N[C@@H](C)S(=O)(=O)O)c2c(O)c1-c1c(C)cc2c(C(C)C)c(O)c(O)c(CO)c2c1O. The van der Waals surface area contributed by atoms with Crippen molar-refractivity contribution in [2.75, 3.05) is 0 Å². The summed E-state index contributed by atoms with van der Waals surface area (Å²) in [6.07, 6.45) is 0.936. The second-order valence-electron chi connectivity index (χ2n) is 11.7. The number of aromatic hydroxyl groups is 6. The van der Waals surface area contributed by atoms with Gasteiger partial charge in [-0.3, -0.25) is 9.55 Å². The number of benzene rings is 4. The molecule has 0 aliphatic rings. The van der Waals surface area contributed by atoms with Crippen molar-refractivity contribution in [3.63, 3.8) is 0 Å². The van der Waals surface area contributed by atoms with Crippen LogP contribution in [-0.2, 0) is 16.7 Å². The van der Waals surface area contributed by atoms with Crippen LogP contribution in [0.15, 0.2) is 17.1 Å². The topological polar surface area (TPSA) is 208 Å². The maximum atomic E-state index is 11.9. The molecule has 0 spiro atoms. The molecule has 0 aromatic heterocycles. The smallest absolute Gasteiger partial charge is 0.287 e. The largest absolute Gasteiger partial charge is 0.507 e. The Hall–Kier alpha value is -4.26. The van der Waals surface area contributed by atoms with Crippen LogP contribution in [-0.4, -0.2) is 60.3 Å². The number of aliphatic hydroxyl groups is 1. The van der Waals surface area contributed by atoms with Gasteiger partial charge in [0.25, 0.3) is 10.1 Å². The number of aliphatic hydroxyl groups excluding tert-OH is 1. The highest BCUT2D eigenvalue weighted by Crippen LogP contribution is 2.54. The number of hydrogen-bond donors (Lipinski definition) is 8. The quantitative estimate of drug-likeness (QED) is 0.0691. The number of phenols is 6. The normalized spacial score (nSPS) is 13.2. The summed E-state index contributed by atoms with van der Waals surface area (Å²) in [6, 6.07) is 3.32. The standard InChI is InChI=1S/C32H37NO10S/c1-12(2)21-17-8-14(5)23(29(37)25(17)19(27(35)31(21)39)10-33-16(7)44(41,42)43)24-15(6)9-18-22(13(3)4)32(40)28(36)20(11-34)26(18)30(24)38/h8-10,12-13,16,34-40H,11H2,1-7H3,(H,41,42,43)/t16-/m1/s1. The summed E-state index contributed by atoms with van der Waals surface area (Å²) >= 11 is 0. The van der Waals surface area contributed by atoms with Gasteiger partial charge in [-0.05, 0) is 54.5 Å². The molecule has 0 aliphatic heterocycles. The predicted molar refractivity (Wildman–Crippen MR) is 169 cm³/mol. The van der Waals surface area contributed by atoms with Crippen LogP contribution in [0.1, 0.15) is 79.8 Å². The Labute approximate surface area is 254 Å². The maximum Gasteiger partial charge on any atom is 0.287 e. The first-order chi connectivity index (χ1) is 20.4. The lowest BCUT2D eigenvalue weighted by atomic mass is 9.83. The highest BCUT2D eigenvalue weighted by molar-refractivity contribution is 7.86. The van der Waals surface area contributed by atoms with Crippen molar-refractivity contribution in [1.82, 2.24) is 0 Å². The number of aliphatic imine (C=N–C) groups is 1. The van der Waals surface area contributed by atoms with Crippen LogP contribution in [0.4, 0.5) is 0 Å². The number of aryl methyl sites for hydroxylation is 2. The molecule has 4 aromatic carbocycles. The molecule has 4 aromatic rings. The van der Waals surface area contributed by atoms with E-state index < -0.39 is 50.8 Å². The second-order valence-corrected chi connectivity index (χ2v) is 13.4. The van der Waals surface area contributed by atoms with Gasteiger partial charge in [0.1, 0.15) is 11.5 Å². The number of nitrogens with zero attached hydrogens (tertiary/aromatic N) is 1. The summed E-state index contributed by atoms with van der Waals surface area (Å²) < 4.78 is 32.6. The summed E-state index contributed by atoms with van der Waals surface area (Å²) in [5.74, 6) is -3.61. The highest BCUT2D eigenvalue weighted by Gasteiger charge is 2.29. The number of phenolic OH excluding ortho intramolecular Hbond substituents is 5. The Morgan fingerprint density at radius 1 is 0.705 bits per heavy atom. The van der Waals surface area contributed by atoms with E-state index in [-0.39, 0.29) is 50.6 Å². The molecule has 11 nitrogen and oxygen atoms in total. The van der Waals surface area contributed by atoms with Crippen LogP contribution in [0.5, 0.6) is 34.5 Å². The molecular formula is C32H37NO10S. The summed E-state index contributed by atoms with van der Waals surface area (Å²) in [6.45, 7) is 10.9. The minimum Gasteiger partial charge on any atom is -0.507 e. The van der Waals surface area contributed by atoms with Crippen LogP contribution in [0, 0.1) is 13.8 Å². The van der Waals surface area contributed by atoms with Crippen molar-refractivity contribution in [3.8, 4) is 45.6 Å². The lowest BCUT2D eigenvalue weighted by molar-refractivity contribution is 0.274. The molecule has 0 fully saturated rings. The Morgan fingerprint density at radius 3 is 1.57 bits per heavy atom. The molecular weight excluding hydrogens is 590 g/mol. The van der Waals surface area contributed by atoms with Gasteiger partial charge in [-0.1, -0.05) is 39.8 Å². The van der Waals surface area contributed by atoms with Crippen LogP contribution in [0.25, 0.3) is 32.7 Å². The van der Waals surface area contributed by atoms with Gasteiger partial charge in [-0.15, -0.1) is 0 Å². The third-order valence-electron chi connectivity index (χ3n) is 8.05. The van der Waals surface area contributed by atoms with Crippen LogP contribution >= 0.6 is 0 Å². The van der Waals surface area contributed by atoms with Crippen LogP contribution < -0.4 is 0 Å². The fourth-order valence-corrected chi connectivity index (χ4v) is 6.17. The van der Waals surface area contributed by atoms with Crippen molar-refractivity contribution >= 4 is 37.9 Å². The van der Waals surface area contributed by atoms with E-state index in [0.29, 0.717) is 33.0 Å². The van der Waals surface area contributed by atoms with E-state index >= 15 is 0 Å². The van der Waals surface area contributed by atoms with Gasteiger partial charge < -0.3 is 35.7 Å². The first-order valence-corrected chi connectivity index (χ1v) is 15.4. The van der Waals surface area contributed by atoms with Crippen molar-refractivity contribution in [2.24, 2.45) is 4.99 Å². The second kappa shape index (κ2) is 11.3. The van der Waals surface area contributed by atoms with Gasteiger partial charge in [-0.2, -0.15) is 8.42 Å². The Bertz CT molecular complexity index is 1980. The molecule has 0 saturated carbocycles. The molecule has 0 saturated heterocycles. The third-order valence-corrected chi connectivity index (χ3v) is 9.04. The number of fused-ring (bicyclic) bond motifs is 2. The molecule has 0 unspecified atom stereocenters. The van der Waals surface area contributed by atoms with E-state index in [9.17, 15) is 48.7 Å². The monoisotopic (exact) mass is 627 g/mol. The van der Waals surface area contributed by atoms with Crippen molar-refractivity contribution in [2.45, 2.75) is 72.3 Å². The molecule has 0 radical (unpaired) electrons.